The fourth-order valence-electron chi connectivity index (χ4n) is 7.35. The molecule has 2 aromatic rings. The van der Waals surface area contributed by atoms with Crippen molar-refractivity contribution in [2.24, 2.45) is 17.2 Å². The van der Waals surface area contributed by atoms with Crippen molar-refractivity contribution in [1.82, 2.24) is 25.8 Å². The molecule has 2 aliphatic heterocycles. The molecule has 0 bridgehead atoms. The molecule has 2 aliphatic rings. The standard InChI is InChI=1S/C40H58N8O9/c41-19-3-1-7-29(43)38(54)47-21-5-9-33(47)36(52)45-31(23-25-11-15-27(49)16-12-25)35(51)44-30(8-2-4-20-42)39(55)48-22-6-10-34(48)37(53)46-32(40(56)57)24-26-13-17-28(50)18-14-26/h11-18,29-34,49-50H,1-10,19-24,41-43H2,(H,44,51)(H,45,52)(H,46,53)(H,56,57)/t29-,30-,31-,32-,33-,34-/m0/s1. The van der Waals surface area contributed by atoms with Gasteiger partial charge < -0.3 is 58.3 Å². The largest absolute Gasteiger partial charge is 0.508 e. The molecule has 2 heterocycles. The highest BCUT2D eigenvalue weighted by Gasteiger charge is 2.41. The molecular weight excluding hydrogens is 736 g/mol. The molecule has 0 saturated carbocycles. The minimum atomic E-state index is -1.30. The first kappa shape index (κ1) is 44.5. The number of benzene rings is 2. The lowest BCUT2D eigenvalue weighted by Gasteiger charge is -2.31. The number of amides is 5. The maximum atomic E-state index is 14.2. The second-order valence-corrected chi connectivity index (χ2v) is 14.8. The van der Waals surface area contributed by atoms with Crippen LogP contribution in [0.25, 0.3) is 0 Å². The van der Waals surface area contributed by atoms with Gasteiger partial charge in [-0.05, 0) is 106 Å². The predicted molar refractivity (Wildman–Crippen MR) is 210 cm³/mol. The zero-order chi connectivity index (χ0) is 41.5. The first-order valence-electron chi connectivity index (χ1n) is 19.8. The molecule has 0 spiro atoms. The van der Waals surface area contributed by atoms with Crippen LogP contribution in [0.15, 0.2) is 48.5 Å². The van der Waals surface area contributed by atoms with Gasteiger partial charge >= 0.3 is 5.97 Å². The van der Waals surface area contributed by atoms with Crippen molar-refractivity contribution >= 4 is 35.5 Å². The summed E-state index contributed by atoms with van der Waals surface area (Å²) in [5.41, 5.74) is 18.7. The number of nitrogens with two attached hydrogens (primary N) is 3. The number of unbranched alkanes of at least 4 members (excludes halogenated alkanes) is 2. The van der Waals surface area contributed by atoms with Crippen molar-refractivity contribution in [2.75, 3.05) is 26.2 Å². The van der Waals surface area contributed by atoms with Crippen LogP contribution in [-0.4, -0.2) is 123 Å². The summed E-state index contributed by atoms with van der Waals surface area (Å²) in [5, 5.41) is 37.6. The van der Waals surface area contributed by atoms with E-state index in [0.717, 1.165) is 0 Å². The summed E-state index contributed by atoms with van der Waals surface area (Å²) in [6.07, 6.45) is 4.63. The maximum absolute atomic E-state index is 14.2. The molecule has 12 N–H and O–H groups in total. The molecule has 4 rings (SSSR count). The molecule has 312 valence electrons. The van der Waals surface area contributed by atoms with Crippen LogP contribution in [0.5, 0.6) is 11.5 Å². The van der Waals surface area contributed by atoms with Gasteiger partial charge in [0, 0.05) is 25.9 Å². The van der Waals surface area contributed by atoms with Crippen LogP contribution in [0.3, 0.4) is 0 Å². The highest BCUT2D eigenvalue weighted by molar-refractivity contribution is 5.97. The van der Waals surface area contributed by atoms with Crippen molar-refractivity contribution in [3.8, 4) is 11.5 Å². The van der Waals surface area contributed by atoms with E-state index < -0.39 is 65.8 Å². The summed E-state index contributed by atoms with van der Waals surface area (Å²) in [6.45, 7) is 1.35. The first-order chi connectivity index (χ1) is 27.3. The molecular formula is C40H58N8O9. The number of hydrogen-bond donors (Lipinski definition) is 9. The van der Waals surface area contributed by atoms with Crippen molar-refractivity contribution in [3.05, 3.63) is 59.7 Å². The monoisotopic (exact) mass is 794 g/mol. The molecule has 17 heteroatoms. The Morgan fingerprint density at radius 3 is 1.58 bits per heavy atom. The third-order valence-electron chi connectivity index (χ3n) is 10.5. The zero-order valence-corrected chi connectivity index (χ0v) is 32.3. The number of carboxylic acids is 1. The van der Waals surface area contributed by atoms with E-state index in [1.54, 1.807) is 24.3 Å². The molecule has 0 unspecified atom stereocenters. The number of phenols is 2. The molecule has 57 heavy (non-hydrogen) atoms. The van der Waals surface area contributed by atoms with Crippen LogP contribution >= 0.6 is 0 Å². The van der Waals surface area contributed by atoms with Crippen LogP contribution in [0.4, 0.5) is 0 Å². The molecule has 2 aromatic carbocycles. The van der Waals surface area contributed by atoms with Gasteiger partial charge in [0.05, 0.1) is 6.04 Å². The Morgan fingerprint density at radius 2 is 1.09 bits per heavy atom. The van der Waals surface area contributed by atoms with E-state index in [0.29, 0.717) is 82.1 Å². The summed E-state index contributed by atoms with van der Waals surface area (Å²) in [6, 6.07) is 5.80. The quantitative estimate of drug-likeness (QED) is 0.0755. The van der Waals surface area contributed by atoms with E-state index in [-0.39, 0.29) is 49.6 Å². The fraction of sp³-hybridized carbons (Fsp3) is 0.550. The number of carbonyl (C=O) groups excluding carboxylic acids is 5. The van der Waals surface area contributed by atoms with Gasteiger partial charge in [0.1, 0.15) is 41.7 Å². The van der Waals surface area contributed by atoms with Crippen molar-refractivity contribution in [2.45, 2.75) is 113 Å². The van der Waals surface area contributed by atoms with Gasteiger partial charge in [0.15, 0.2) is 0 Å². The summed E-state index contributed by atoms with van der Waals surface area (Å²) in [4.78, 5) is 84.1. The second kappa shape index (κ2) is 21.9. The number of carboxylic acid groups (broad SMARTS) is 1. The minimum Gasteiger partial charge on any atom is -0.508 e. The van der Waals surface area contributed by atoms with E-state index in [1.165, 1.54) is 34.1 Å². The lowest BCUT2D eigenvalue weighted by molar-refractivity contribution is -0.145. The minimum absolute atomic E-state index is 0.00676. The Labute approximate surface area is 332 Å². The molecule has 0 aliphatic carbocycles. The lowest BCUT2D eigenvalue weighted by Crippen LogP contribution is -2.59. The van der Waals surface area contributed by atoms with Crippen LogP contribution in [0.1, 0.15) is 75.3 Å². The van der Waals surface area contributed by atoms with Crippen LogP contribution in [0, 0.1) is 0 Å². The summed E-state index contributed by atoms with van der Waals surface area (Å²) < 4.78 is 0. The summed E-state index contributed by atoms with van der Waals surface area (Å²) in [7, 11) is 0. The molecule has 6 atom stereocenters. The second-order valence-electron chi connectivity index (χ2n) is 14.8. The van der Waals surface area contributed by atoms with Crippen LogP contribution in [-0.2, 0) is 41.6 Å². The fourth-order valence-corrected chi connectivity index (χ4v) is 7.35. The number of nitrogens with one attached hydrogen (secondary N) is 3. The van der Waals surface area contributed by atoms with Crippen molar-refractivity contribution in [1.29, 1.82) is 0 Å². The van der Waals surface area contributed by atoms with Crippen molar-refractivity contribution < 1.29 is 44.1 Å². The number of carbonyl (C=O) groups is 6. The van der Waals surface area contributed by atoms with Gasteiger partial charge in [-0.15, -0.1) is 0 Å². The Bertz CT molecular complexity index is 1680. The number of rotatable bonds is 21. The first-order valence-corrected chi connectivity index (χ1v) is 19.8. The van der Waals surface area contributed by atoms with E-state index in [1.807, 2.05) is 0 Å². The number of nitrogens with zero attached hydrogens (tertiary/aromatic N) is 2. The number of likely N-dealkylation sites (tertiary alicyclic amines) is 2. The van der Waals surface area contributed by atoms with E-state index in [9.17, 15) is 44.1 Å². The number of hydrogen-bond acceptors (Lipinski definition) is 11. The topological polar surface area (TPSA) is 284 Å². The van der Waals surface area contributed by atoms with E-state index >= 15 is 0 Å². The Kier molecular flexibility index (Phi) is 17.1. The normalized spacial score (nSPS) is 18.6. The molecule has 0 radical (unpaired) electrons. The molecule has 0 aromatic heterocycles. The van der Waals surface area contributed by atoms with Gasteiger partial charge in [-0.2, -0.15) is 0 Å². The van der Waals surface area contributed by atoms with Gasteiger partial charge in [0.2, 0.25) is 29.5 Å². The van der Waals surface area contributed by atoms with Gasteiger partial charge in [-0.1, -0.05) is 30.7 Å². The Morgan fingerprint density at radius 1 is 0.632 bits per heavy atom. The number of phenolic OH excluding ortho intramolecular Hbond substituents is 2. The Balaban J connectivity index is 1.51. The third-order valence-corrected chi connectivity index (χ3v) is 10.5. The van der Waals surface area contributed by atoms with E-state index in [4.69, 9.17) is 17.2 Å². The summed E-state index contributed by atoms with van der Waals surface area (Å²) >= 11 is 0. The molecule has 5 amide bonds. The Hall–Kier alpha value is -5.26. The number of aliphatic carboxylic acids is 1. The SMILES string of the molecule is NCCCC[C@H](NC(=O)[C@H](Cc1ccc(O)cc1)NC(=O)[C@@H]1CCCN1C(=O)[C@@H](N)CCCCN)C(=O)N1CCC[C@H]1C(=O)N[C@@H](Cc1ccc(O)cc1)C(=O)O. The zero-order valence-electron chi connectivity index (χ0n) is 32.3. The van der Waals surface area contributed by atoms with E-state index in [2.05, 4.69) is 16.0 Å². The highest BCUT2D eigenvalue weighted by Crippen LogP contribution is 2.23. The van der Waals surface area contributed by atoms with Crippen LogP contribution in [0.2, 0.25) is 0 Å². The van der Waals surface area contributed by atoms with Crippen LogP contribution < -0.4 is 33.2 Å². The highest BCUT2D eigenvalue weighted by atomic mass is 16.4. The predicted octanol–water partition coefficient (Wildman–Crippen LogP) is -0.0107. The van der Waals surface area contributed by atoms with Gasteiger partial charge in [0.25, 0.3) is 0 Å². The summed E-state index contributed by atoms with van der Waals surface area (Å²) in [5.74, 6) is -3.99. The molecule has 2 fully saturated rings. The smallest absolute Gasteiger partial charge is 0.326 e. The van der Waals surface area contributed by atoms with Gasteiger partial charge in [-0.25, -0.2) is 4.79 Å². The van der Waals surface area contributed by atoms with Gasteiger partial charge in [-0.3, -0.25) is 24.0 Å². The lowest BCUT2D eigenvalue weighted by atomic mass is 10.0. The third kappa shape index (κ3) is 12.9. The maximum Gasteiger partial charge on any atom is 0.326 e. The number of aromatic hydroxyl groups is 2. The average Bonchev–Trinajstić information content (AvgIpc) is 3.89. The molecule has 17 nitrogen and oxygen atoms in total. The van der Waals surface area contributed by atoms with Crippen molar-refractivity contribution in [3.63, 3.8) is 0 Å². The molecule has 2 saturated heterocycles. The average molecular weight is 795 g/mol.